The fraction of sp³-hybridized carbons (Fsp3) is 0.125. The highest BCUT2D eigenvalue weighted by Crippen LogP contribution is 2.29. The third-order valence-electron chi connectivity index (χ3n) is 4.81. The van der Waals surface area contributed by atoms with Gasteiger partial charge >= 0.3 is 0 Å². The van der Waals surface area contributed by atoms with Crippen LogP contribution in [-0.2, 0) is 16.1 Å². The van der Waals surface area contributed by atoms with Gasteiger partial charge in [-0.3, -0.25) is 9.59 Å². The van der Waals surface area contributed by atoms with E-state index in [-0.39, 0.29) is 31.2 Å². The smallest absolute Gasteiger partial charge is 0.226 e. The van der Waals surface area contributed by atoms with Gasteiger partial charge in [0.05, 0.1) is 34.2 Å². The number of nitrogens with zero attached hydrogens (tertiary/aromatic N) is 2. The van der Waals surface area contributed by atoms with E-state index in [9.17, 15) is 9.59 Å². The highest BCUT2D eigenvalue weighted by molar-refractivity contribution is 6.42. The molecule has 168 valence electrons. The Kier molecular flexibility index (Phi) is 7.12. The number of halogens is 2. The zero-order chi connectivity index (χ0) is 23.2. The van der Waals surface area contributed by atoms with E-state index in [1.165, 1.54) is 6.26 Å². The van der Waals surface area contributed by atoms with Crippen molar-refractivity contribution in [2.45, 2.75) is 19.4 Å². The van der Waals surface area contributed by atoms with Crippen LogP contribution in [0.2, 0.25) is 10.0 Å². The van der Waals surface area contributed by atoms with Crippen molar-refractivity contribution >= 4 is 40.8 Å². The lowest BCUT2D eigenvalue weighted by Crippen LogP contribution is -2.24. The first-order valence-corrected chi connectivity index (χ1v) is 10.9. The number of carbonyl (C=O) groups is 2. The van der Waals surface area contributed by atoms with Crippen LogP contribution in [0.1, 0.15) is 18.6 Å². The highest BCUT2D eigenvalue weighted by atomic mass is 35.5. The molecule has 0 atom stereocenters. The van der Waals surface area contributed by atoms with Crippen LogP contribution in [0.3, 0.4) is 0 Å². The molecule has 0 aliphatic rings. The van der Waals surface area contributed by atoms with Crippen molar-refractivity contribution in [3.05, 3.63) is 88.8 Å². The molecule has 0 radical (unpaired) electrons. The van der Waals surface area contributed by atoms with E-state index in [0.717, 1.165) is 5.56 Å². The molecular formula is C24H20Cl2N4O3. The second-order valence-corrected chi connectivity index (χ2v) is 8.01. The Labute approximate surface area is 200 Å². The molecule has 9 heteroatoms. The van der Waals surface area contributed by atoms with E-state index in [4.69, 9.17) is 27.6 Å². The van der Waals surface area contributed by atoms with E-state index in [1.807, 2.05) is 30.3 Å². The van der Waals surface area contributed by atoms with Crippen molar-refractivity contribution in [3.8, 4) is 16.9 Å². The van der Waals surface area contributed by atoms with Gasteiger partial charge in [0.25, 0.3) is 0 Å². The quantitative estimate of drug-likeness (QED) is 0.348. The number of hydrogen-bond acceptors (Lipinski definition) is 4. The Balaban J connectivity index is 1.48. The van der Waals surface area contributed by atoms with E-state index >= 15 is 0 Å². The molecule has 0 aliphatic heterocycles. The number of aromatic nitrogens is 2. The molecule has 2 N–H and O–H groups in total. The Bertz CT molecular complexity index is 1250. The molecule has 2 amide bonds. The molecule has 2 aromatic heterocycles. The maximum atomic E-state index is 12.6. The number of furan rings is 1. The summed E-state index contributed by atoms with van der Waals surface area (Å²) in [6, 6.07) is 20.0. The lowest BCUT2D eigenvalue weighted by Gasteiger charge is -2.10. The highest BCUT2D eigenvalue weighted by Gasteiger charge is 2.15. The van der Waals surface area contributed by atoms with E-state index in [1.54, 1.807) is 41.1 Å². The molecule has 0 bridgehead atoms. The normalized spacial score (nSPS) is 10.7. The molecule has 4 rings (SSSR count). The minimum absolute atomic E-state index is 0.0111. The summed E-state index contributed by atoms with van der Waals surface area (Å²) in [5, 5.41) is 11.0. The van der Waals surface area contributed by atoms with Crippen molar-refractivity contribution in [2.24, 2.45) is 0 Å². The van der Waals surface area contributed by atoms with Gasteiger partial charge in [0.2, 0.25) is 11.8 Å². The SMILES string of the molecule is O=C(CCC(=O)Nc1cc(-c2ccccc2)nn1-c1ccc(Cl)c(Cl)c1)NCc1ccco1. The molecule has 0 saturated carbocycles. The predicted molar refractivity (Wildman–Crippen MR) is 127 cm³/mol. The molecule has 0 aliphatic carbocycles. The molecule has 0 saturated heterocycles. The zero-order valence-electron chi connectivity index (χ0n) is 17.4. The standard InChI is InChI=1S/C24H20Cl2N4O3/c25-19-9-8-17(13-20(19)26)30-22(14-21(29-30)16-5-2-1-3-6-16)28-24(32)11-10-23(31)27-15-18-7-4-12-33-18/h1-9,12-14H,10-11,15H2,(H,27,31)(H,28,32). The number of carbonyl (C=O) groups excluding carboxylic acids is 2. The average Bonchev–Trinajstić information content (AvgIpc) is 3.49. The number of hydrogen-bond donors (Lipinski definition) is 2. The third-order valence-corrected chi connectivity index (χ3v) is 5.55. The summed E-state index contributed by atoms with van der Waals surface area (Å²) >= 11 is 12.2. The van der Waals surface area contributed by atoms with Crippen LogP contribution in [0.15, 0.2) is 77.4 Å². The molecule has 2 aromatic carbocycles. The van der Waals surface area contributed by atoms with Gasteiger partial charge in [-0.1, -0.05) is 53.5 Å². The van der Waals surface area contributed by atoms with Gasteiger partial charge in [-0.05, 0) is 30.3 Å². The lowest BCUT2D eigenvalue weighted by atomic mass is 10.1. The van der Waals surface area contributed by atoms with Crippen LogP contribution in [0.4, 0.5) is 5.82 Å². The predicted octanol–water partition coefficient (Wildman–Crippen LogP) is 5.47. The Morgan fingerprint density at radius 3 is 2.42 bits per heavy atom. The minimum Gasteiger partial charge on any atom is -0.467 e. The van der Waals surface area contributed by atoms with Crippen LogP contribution < -0.4 is 10.6 Å². The second kappa shape index (κ2) is 10.4. The molecule has 0 spiro atoms. The summed E-state index contributed by atoms with van der Waals surface area (Å²) in [4.78, 5) is 24.7. The number of amides is 2. The molecule has 4 aromatic rings. The van der Waals surface area contributed by atoms with Gasteiger partial charge in [-0.2, -0.15) is 5.10 Å². The van der Waals surface area contributed by atoms with Gasteiger partial charge in [0, 0.05) is 24.5 Å². The van der Waals surface area contributed by atoms with E-state index in [2.05, 4.69) is 15.7 Å². The van der Waals surface area contributed by atoms with Crippen LogP contribution in [0, 0.1) is 0 Å². The number of rotatable bonds is 8. The van der Waals surface area contributed by atoms with Gasteiger partial charge < -0.3 is 15.1 Å². The zero-order valence-corrected chi connectivity index (χ0v) is 18.9. The van der Waals surface area contributed by atoms with Gasteiger partial charge in [0.15, 0.2) is 0 Å². The lowest BCUT2D eigenvalue weighted by molar-refractivity contribution is -0.124. The number of nitrogens with one attached hydrogen (secondary N) is 2. The van der Waals surface area contributed by atoms with Crippen LogP contribution in [-0.4, -0.2) is 21.6 Å². The fourth-order valence-electron chi connectivity index (χ4n) is 3.15. The first kappa shape index (κ1) is 22.6. The molecule has 7 nitrogen and oxygen atoms in total. The van der Waals surface area contributed by atoms with Crippen molar-refractivity contribution in [2.75, 3.05) is 5.32 Å². The maximum absolute atomic E-state index is 12.6. The van der Waals surface area contributed by atoms with E-state index < -0.39 is 0 Å². The van der Waals surface area contributed by atoms with Crippen LogP contribution >= 0.6 is 23.2 Å². The van der Waals surface area contributed by atoms with Crippen molar-refractivity contribution in [3.63, 3.8) is 0 Å². The van der Waals surface area contributed by atoms with Crippen molar-refractivity contribution in [1.82, 2.24) is 15.1 Å². The van der Waals surface area contributed by atoms with Gasteiger partial charge in [0.1, 0.15) is 11.6 Å². The van der Waals surface area contributed by atoms with Crippen LogP contribution in [0.5, 0.6) is 0 Å². The summed E-state index contributed by atoms with van der Waals surface area (Å²) in [6.45, 7) is 0.276. The van der Waals surface area contributed by atoms with Crippen molar-refractivity contribution in [1.29, 1.82) is 0 Å². The Hall–Kier alpha value is -3.55. The first-order chi connectivity index (χ1) is 16.0. The fourth-order valence-corrected chi connectivity index (χ4v) is 3.45. The van der Waals surface area contributed by atoms with Gasteiger partial charge in [-0.25, -0.2) is 4.68 Å². The van der Waals surface area contributed by atoms with Crippen LogP contribution in [0.25, 0.3) is 16.9 Å². The average molecular weight is 483 g/mol. The third kappa shape index (κ3) is 5.83. The number of anilines is 1. The van der Waals surface area contributed by atoms with Crippen molar-refractivity contribution < 1.29 is 14.0 Å². The summed E-state index contributed by atoms with van der Waals surface area (Å²) in [6.07, 6.45) is 1.59. The summed E-state index contributed by atoms with van der Waals surface area (Å²) in [5.74, 6) is 0.536. The van der Waals surface area contributed by atoms with E-state index in [0.29, 0.717) is 33.0 Å². The second-order valence-electron chi connectivity index (χ2n) is 7.20. The summed E-state index contributed by atoms with van der Waals surface area (Å²) in [5.41, 5.74) is 2.20. The summed E-state index contributed by atoms with van der Waals surface area (Å²) < 4.78 is 6.76. The Morgan fingerprint density at radius 2 is 1.70 bits per heavy atom. The van der Waals surface area contributed by atoms with Gasteiger partial charge in [-0.15, -0.1) is 0 Å². The molecular weight excluding hydrogens is 463 g/mol. The molecule has 33 heavy (non-hydrogen) atoms. The monoisotopic (exact) mass is 482 g/mol. The number of benzene rings is 2. The molecule has 0 unspecified atom stereocenters. The Morgan fingerprint density at radius 1 is 0.909 bits per heavy atom. The molecule has 0 fully saturated rings. The molecule has 2 heterocycles. The largest absolute Gasteiger partial charge is 0.467 e. The first-order valence-electron chi connectivity index (χ1n) is 10.2. The maximum Gasteiger partial charge on any atom is 0.226 e. The summed E-state index contributed by atoms with van der Waals surface area (Å²) in [7, 11) is 0. The minimum atomic E-state index is -0.316. The topological polar surface area (TPSA) is 89.2 Å².